The third-order valence-electron chi connectivity index (χ3n) is 5.68. The van der Waals surface area contributed by atoms with Gasteiger partial charge in [-0.05, 0) is 61.6 Å². The molecule has 2 aromatic carbocycles. The van der Waals surface area contributed by atoms with Crippen molar-refractivity contribution < 1.29 is 17.9 Å². The van der Waals surface area contributed by atoms with E-state index >= 15 is 0 Å². The van der Waals surface area contributed by atoms with Gasteiger partial charge in [-0.2, -0.15) is 0 Å². The number of carbonyl (C=O) groups excluding carboxylic acids is 1. The quantitative estimate of drug-likeness (QED) is 0.825. The summed E-state index contributed by atoms with van der Waals surface area (Å²) in [6.45, 7) is 3.01. The van der Waals surface area contributed by atoms with Crippen LogP contribution in [0.4, 0.5) is 11.4 Å². The first kappa shape index (κ1) is 19.7. The molecule has 0 aromatic heterocycles. The minimum absolute atomic E-state index is 0.0154. The van der Waals surface area contributed by atoms with Crippen molar-refractivity contribution >= 4 is 27.3 Å². The summed E-state index contributed by atoms with van der Waals surface area (Å²) < 4.78 is 28.8. The van der Waals surface area contributed by atoms with Crippen LogP contribution in [-0.2, 0) is 27.7 Å². The molecule has 0 bridgehead atoms. The Morgan fingerprint density at radius 3 is 2.76 bits per heavy atom. The van der Waals surface area contributed by atoms with Crippen molar-refractivity contribution in [2.24, 2.45) is 5.14 Å². The number of ether oxygens (including phenoxy) is 1. The summed E-state index contributed by atoms with van der Waals surface area (Å²) in [6, 6.07) is 10.7. The number of carbonyl (C=O) groups is 1. The maximum absolute atomic E-state index is 13.3. The monoisotopic (exact) mass is 415 g/mol. The largest absolute Gasteiger partial charge is 0.495 e. The van der Waals surface area contributed by atoms with E-state index in [2.05, 4.69) is 11.0 Å². The summed E-state index contributed by atoms with van der Waals surface area (Å²) in [5.41, 5.74) is 3.77. The summed E-state index contributed by atoms with van der Waals surface area (Å²) in [5.74, 6) is 0.765. The van der Waals surface area contributed by atoms with E-state index in [1.165, 1.54) is 11.6 Å². The number of benzene rings is 2. The zero-order valence-electron chi connectivity index (χ0n) is 16.6. The molecule has 0 spiro atoms. The Balaban J connectivity index is 1.62. The first-order valence-corrected chi connectivity index (χ1v) is 11.2. The molecule has 2 aliphatic heterocycles. The Morgan fingerprint density at radius 1 is 1.24 bits per heavy atom. The molecule has 1 amide bonds. The Kier molecular flexibility index (Phi) is 5.00. The highest BCUT2D eigenvalue weighted by Crippen LogP contribution is 2.37. The van der Waals surface area contributed by atoms with Gasteiger partial charge in [0.15, 0.2) is 0 Å². The summed E-state index contributed by atoms with van der Waals surface area (Å²) in [5, 5.41) is 5.25. The zero-order valence-corrected chi connectivity index (χ0v) is 17.4. The van der Waals surface area contributed by atoms with Crippen LogP contribution in [-0.4, -0.2) is 40.6 Å². The third-order valence-corrected chi connectivity index (χ3v) is 6.59. The minimum Gasteiger partial charge on any atom is -0.495 e. The van der Waals surface area contributed by atoms with E-state index in [9.17, 15) is 13.2 Å². The molecule has 0 saturated heterocycles. The molecule has 29 heavy (non-hydrogen) atoms. The molecule has 0 fully saturated rings. The van der Waals surface area contributed by atoms with Crippen molar-refractivity contribution in [2.75, 3.05) is 30.0 Å². The molecule has 2 aromatic rings. The number of hydrogen-bond donors (Lipinski definition) is 1. The van der Waals surface area contributed by atoms with Crippen molar-refractivity contribution in [3.8, 4) is 5.75 Å². The highest BCUT2D eigenvalue weighted by Gasteiger charge is 2.33. The number of fused-ring (bicyclic) bond motifs is 2. The molecule has 7 nitrogen and oxygen atoms in total. The number of primary sulfonamides is 1. The summed E-state index contributed by atoms with van der Waals surface area (Å²) in [7, 11) is -2.12. The van der Waals surface area contributed by atoms with Gasteiger partial charge in [-0.3, -0.25) is 4.79 Å². The third kappa shape index (κ3) is 3.58. The lowest BCUT2D eigenvalue weighted by atomic mass is 10.0. The van der Waals surface area contributed by atoms with Crippen LogP contribution in [0.2, 0.25) is 0 Å². The van der Waals surface area contributed by atoms with Crippen LogP contribution < -0.4 is 19.7 Å². The van der Waals surface area contributed by atoms with Gasteiger partial charge in [-0.25, -0.2) is 13.6 Å². The van der Waals surface area contributed by atoms with Crippen LogP contribution >= 0.6 is 0 Å². The number of hydrogen-bond acceptors (Lipinski definition) is 5. The topological polar surface area (TPSA) is 92.9 Å². The highest BCUT2D eigenvalue weighted by molar-refractivity contribution is 7.89. The zero-order chi connectivity index (χ0) is 20.8. The lowest BCUT2D eigenvalue weighted by Crippen LogP contribution is -2.44. The fourth-order valence-corrected chi connectivity index (χ4v) is 4.99. The lowest BCUT2D eigenvalue weighted by molar-refractivity contribution is -0.117. The normalized spacial score (nSPS) is 18.4. The number of amides is 1. The number of anilines is 2. The molecule has 2 N–H and O–H groups in total. The van der Waals surface area contributed by atoms with Gasteiger partial charge in [0, 0.05) is 18.3 Å². The van der Waals surface area contributed by atoms with Gasteiger partial charge in [0.2, 0.25) is 15.9 Å². The molecule has 2 heterocycles. The Morgan fingerprint density at radius 2 is 2.03 bits per heavy atom. The predicted octanol–water partition coefficient (Wildman–Crippen LogP) is 2.07. The summed E-state index contributed by atoms with van der Waals surface area (Å²) in [4.78, 5) is 17.2. The van der Waals surface area contributed by atoms with E-state index in [0.717, 1.165) is 42.1 Å². The molecular weight excluding hydrogens is 390 g/mol. The molecule has 0 aliphatic carbocycles. The first-order valence-electron chi connectivity index (χ1n) is 9.68. The van der Waals surface area contributed by atoms with E-state index in [4.69, 9.17) is 9.88 Å². The van der Waals surface area contributed by atoms with E-state index in [0.29, 0.717) is 6.42 Å². The molecule has 1 unspecified atom stereocenters. The van der Waals surface area contributed by atoms with Gasteiger partial charge in [0.05, 0.1) is 24.2 Å². The molecular formula is C21H25N3O4S. The number of nitrogens with zero attached hydrogens (tertiary/aromatic N) is 2. The van der Waals surface area contributed by atoms with Gasteiger partial charge in [-0.15, -0.1) is 0 Å². The van der Waals surface area contributed by atoms with Crippen LogP contribution in [0.3, 0.4) is 0 Å². The average Bonchev–Trinajstić information content (AvgIpc) is 3.01. The number of rotatable bonds is 4. The van der Waals surface area contributed by atoms with Crippen molar-refractivity contribution in [1.29, 1.82) is 0 Å². The maximum atomic E-state index is 13.3. The fourth-order valence-electron chi connectivity index (χ4n) is 4.43. The smallest absolute Gasteiger partial charge is 0.246 e. The van der Waals surface area contributed by atoms with Crippen molar-refractivity contribution in [1.82, 2.24) is 0 Å². The van der Waals surface area contributed by atoms with E-state index in [1.54, 1.807) is 24.1 Å². The predicted molar refractivity (Wildman–Crippen MR) is 112 cm³/mol. The molecule has 154 valence electrons. The van der Waals surface area contributed by atoms with Crippen molar-refractivity contribution in [3.63, 3.8) is 0 Å². The van der Waals surface area contributed by atoms with Gasteiger partial charge >= 0.3 is 0 Å². The Labute approximate surface area is 171 Å². The van der Waals surface area contributed by atoms with Crippen LogP contribution in [0.15, 0.2) is 41.3 Å². The molecule has 1 atom stereocenters. The van der Waals surface area contributed by atoms with Gasteiger partial charge in [0.25, 0.3) is 0 Å². The van der Waals surface area contributed by atoms with Gasteiger partial charge in [0.1, 0.15) is 5.75 Å². The SMILES string of the molecule is COc1cccc2c1N(CC(=O)N1c3ccc(S(N)(=O)=O)cc3CC1C)CCC2. The second-order valence-corrected chi connectivity index (χ2v) is 9.21. The van der Waals surface area contributed by atoms with E-state index in [1.807, 2.05) is 19.1 Å². The number of sulfonamides is 1. The van der Waals surface area contributed by atoms with Crippen LogP contribution in [0.25, 0.3) is 0 Å². The van der Waals surface area contributed by atoms with E-state index < -0.39 is 10.0 Å². The lowest BCUT2D eigenvalue weighted by Gasteiger charge is -2.34. The number of nitrogens with two attached hydrogens (primary N) is 1. The summed E-state index contributed by atoms with van der Waals surface area (Å²) >= 11 is 0. The Bertz CT molecular complexity index is 1050. The van der Waals surface area contributed by atoms with Gasteiger partial charge in [-0.1, -0.05) is 12.1 Å². The molecule has 8 heteroatoms. The molecule has 0 saturated carbocycles. The van der Waals surface area contributed by atoms with E-state index in [-0.39, 0.29) is 23.4 Å². The first-order chi connectivity index (χ1) is 13.8. The minimum atomic E-state index is -3.77. The number of para-hydroxylation sites is 1. The van der Waals surface area contributed by atoms with Crippen LogP contribution in [0.1, 0.15) is 24.5 Å². The van der Waals surface area contributed by atoms with Crippen LogP contribution in [0.5, 0.6) is 5.75 Å². The van der Waals surface area contributed by atoms with Gasteiger partial charge < -0.3 is 14.5 Å². The molecule has 2 aliphatic rings. The van der Waals surface area contributed by atoms with Crippen molar-refractivity contribution in [3.05, 3.63) is 47.5 Å². The molecule has 4 rings (SSSR count). The second kappa shape index (κ2) is 7.35. The number of aryl methyl sites for hydroxylation is 1. The standard InChI is InChI=1S/C21H25N3O4S/c1-14-11-16-12-17(29(22,26)27)8-9-18(16)24(14)20(25)13-23-10-4-6-15-5-3-7-19(28-2)21(15)23/h3,5,7-9,12,14H,4,6,10-11,13H2,1-2H3,(H2,22,26,27). The average molecular weight is 416 g/mol. The number of methoxy groups -OCH3 is 1. The maximum Gasteiger partial charge on any atom is 0.246 e. The van der Waals surface area contributed by atoms with Crippen molar-refractivity contribution in [2.45, 2.75) is 37.1 Å². The summed E-state index contributed by atoms with van der Waals surface area (Å²) in [6.07, 6.45) is 2.55. The second-order valence-electron chi connectivity index (χ2n) is 7.65. The molecule has 0 radical (unpaired) electrons. The Hall–Kier alpha value is -2.58. The fraction of sp³-hybridized carbons (Fsp3) is 0.381. The highest BCUT2D eigenvalue weighted by atomic mass is 32.2. The van der Waals surface area contributed by atoms with Crippen LogP contribution in [0, 0.1) is 0 Å².